The summed E-state index contributed by atoms with van der Waals surface area (Å²) in [5, 5.41) is 3.33. The average molecular weight is 282 g/mol. The third-order valence-corrected chi connectivity index (χ3v) is 3.64. The van der Waals surface area contributed by atoms with Gasteiger partial charge in [-0.15, -0.1) is 0 Å². The molecule has 108 valence electrons. The quantitative estimate of drug-likeness (QED) is 0.776. The molecule has 1 unspecified atom stereocenters. The molecule has 0 fully saturated rings. The van der Waals surface area contributed by atoms with Crippen LogP contribution in [0.2, 0.25) is 0 Å². The maximum atomic E-state index is 11.3. The number of nitrogens with one attached hydrogen (secondary N) is 2. The van der Waals surface area contributed by atoms with Crippen molar-refractivity contribution in [1.82, 2.24) is 10.3 Å². The predicted molar refractivity (Wildman–Crippen MR) is 83.7 cm³/mol. The van der Waals surface area contributed by atoms with E-state index >= 15 is 0 Å². The summed E-state index contributed by atoms with van der Waals surface area (Å²) in [6, 6.07) is 12.4. The molecule has 2 aromatic carbocycles. The Kier molecular flexibility index (Phi) is 3.39. The highest BCUT2D eigenvalue weighted by Crippen LogP contribution is 2.26. The van der Waals surface area contributed by atoms with Crippen molar-refractivity contribution in [3.8, 4) is 0 Å². The minimum atomic E-state index is -0.422. The largest absolute Gasteiger partial charge is 0.417 e. The summed E-state index contributed by atoms with van der Waals surface area (Å²) in [6.45, 7) is 4.19. The zero-order valence-corrected chi connectivity index (χ0v) is 12.4. The first-order chi connectivity index (χ1) is 10.1. The van der Waals surface area contributed by atoms with Crippen LogP contribution in [0.4, 0.5) is 0 Å². The van der Waals surface area contributed by atoms with Crippen molar-refractivity contribution in [2.45, 2.75) is 19.9 Å². The molecule has 1 atom stereocenters. The van der Waals surface area contributed by atoms with E-state index in [2.05, 4.69) is 42.3 Å². The second-order valence-corrected chi connectivity index (χ2v) is 5.41. The Balaban J connectivity index is 2.10. The third-order valence-electron chi connectivity index (χ3n) is 3.64. The molecule has 3 aromatic rings. The second-order valence-electron chi connectivity index (χ2n) is 5.41. The first kappa shape index (κ1) is 13.6. The van der Waals surface area contributed by atoms with E-state index in [1.807, 2.05) is 25.2 Å². The molecule has 1 heterocycles. The highest BCUT2D eigenvalue weighted by atomic mass is 16.4. The van der Waals surface area contributed by atoms with Gasteiger partial charge >= 0.3 is 5.76 Å². The molecule has 0 aliphatic heterocycles. The van der Waals surface area contributed by atoms with Gasteiger partial charge in [-0.2, -0.15) is 0 Å². The Labute approximate surface area is 122 Å². The molecule has 0 radical (unpaired) electrons. The summed E-state index contributed by atoms with van der Waals surface area (Å²) in [5.74, 6) is -0.422. The molecule has 2 N–H and O–H groups in total. The van der Waals surface area contributed by atoms with Crippen LogP contribution in [-0.2, 0) is 0 Å². The van der Waals surface area contributed by atoms with Crippen molar-refractivity contribution in [3.63, 3.8) is 0 Å². The Morgan fingerprint density at radius 3 is 2.43 bits per heavy atom. The van der Waals surface area contributed by atoms with Crippen LogP contribution < -0.4 is 11.1 Å². The van der Waals surface area contributed by atoms with Gasteiger partial charge in [0.2, 0.25) is 0 Å². The van der Waals surface area contributed by atoms with Crippen molar-refractivity contribution in [2.75, 3.05) is 7.05 Å². The maximum Gasteiger partial charge on any atom is 0.417 e. The van der Waals surface area contributed by atoms with E-state index in [0.717, 1.165) is 11.1 Å². The normalized spacial score (nSPS) is 12.7. The number of benzene rings is 2. The molecular formula is C17H18N2O2. The molecule has 0 saturated carbocycles. The van der Waals surface area contributed by atoms with E-state index < -0.39 is 5.76 Å². The molecule has 4 heteroatoms. The lowest BCUT2D eigenvalue weighted by Crippen LogP contribution is -2.17. The number of aromatic nitrogens is 1. The third kappa shape index (κ3) is 2.62. The van der Waals surface area contributed by atoms with E-state index in [9.17, 15) is 4.79 Å². The Morgan fingerprint density at radius 1 is 1.05 bits per heavy atom. The molecule has 0 aliphatic carbocycles. The van der Waals surface area contributed by atoms with Gasteiger partial charge in [0.05, 0.1) is 11.6 Å². The van der Waals surface area contributed by atoms with Gasteiger partial charge in [0.25, 0.3) is 0 Å². The van der Waals surface area contributed by atoms with Gasteiger partial charge in [0.1, 0.15) is 0 Å². The number of fused-ring (bicyclic) bond motifs is 1. The summed E-state index contributed by atoms with van der Waals surface area (Å²) in [5.41, 5.74) is 6.05. The van der Waals surface area contributed by atoms with Gasteiger partial charge < -0.3 is 9.73 Å². The highest BCUT2D eigenvalue weighted by Gasteiger charge is 2.14. The first-order valence-electron chi connectivity index (χ1n) is 6.95. The van der Waals surface area contributed by atoms with Gasteiger partial charge in [-0.05, 0) is 44.2 Å². The number of H-pyrrole nitrogens is 1. The zero-order valence-electron chi connectivity index (χ0n) is 12.4. The van der Waals surface area contributed by atoms with E-state index in [4.69, 9.17) is 4.42 Å². The molecule has 0 spiro atoms. The SMILES string of the molecule is CNC(c1cc(C)cc(C)c1)c1ccc2[nH]c(=O)oc2c1. The van der Waals surface area contributed by atoms with Gasteiger partial charge in [0.15, 0.2) is 5.58 Å². The first-order valence-corrected chi connectivity index (χ1v) is 6.95. The van der Waals surface area contributed by atoms with Gasteiger partial charge in [-0.1, -0.05) is 35.4 Å². The fourth-order valence-electron chi connectivity index (χ4n) is 2.84. The van der Waals surface area contributed by atoms with Crippen LogP contribution in [0.1, 0.15) is 28.3 Å². The number of hydrogen-bond acceptors (Lipinski definition) is 3. The second kappa shape index (κ2) is 5.22. The summed E-state index contributed by atoms with van der Waals surface area (Å²) in [4.78, 5) is 13.9. The lowest BCUT2D eigenvalue weighted by atomic mass is 9.95. The smallest absolute Gasteiger partial charge is 0.408 e. The summed E-state index contributed by atoms with van der Waals surface area (Å²) < 4.78 is 5.15. The van der Waals surface area contributed by atoms with Crippen LogP contribution in [0.25, 0.3) is 11.1 Å². The summed E-state index contributed by atoms with van der Waals surface area (Å²) >= 11 is 0. The van der Waals surface area contributed by atoms with Crippen molar-refractivity contribution >= 4 is 11.1 Å². The Morgan fingerprint density at radius 2 is 1.76 bits per heavy atom. The van der Waals surface area contributed by atoms with Crippen LogP contribution in [0, 0.1) is 13.8 Å². The Hall–Kier alpha value is -2.33. The van der Waals surface area contributed by atoms with Crippen LogP contribution in [-0.4, -0.2) is 12.0 Å². The standard InChI is InChI=1S/C17H18N2O2/c1-10-6-11(2)8-13(7-10)16(18-3)12-4-5-14-15(9-12)21-17(20)19-14/h4-9,16,18H,1-3H3,(H,19,20). The van der Waals surface area contributed by atoms with Gasteiger partial charge in [0, 0.05) is 0 Å². The molecule has 0 amide bonds. The number of aryl methyl sites for hydroxylation is 2. The van der Waals surface area contributed by atoms with Crippen LogP contribution >= 0.6 is 0 Å². The van der Waals surface area contributed by atoms with Crippen LogP contribution in [0.15, 0.2) is 45.6 Å². The van der Waals surface area contributed by atoms with E-state index in [-0.39, 0.29) is 6.04 Å². The van der Waals surface area contributed by atoms with Gasteiger partial charge in [-0.3, -0.25) is 4.98 Å². The molecule has 21 heavy (non-hydrogen) atoms. The lowest BCUT2D eigenvalue weighted by Gasteiger charge is -2.18. The Bertz CT molecular complexity index is 825. The van der Waals surface area contributed by atoms with Crippen LogP contribution in [0.3, 0.4) is 0 Å². The maximum absolute atomic E-state index is 11.3. The summed E-state index contributed by atoms with van der Waals surface area (Å²) in [6.07, 6.45) is 0. The molecule has 3 rings (SSSR count). The van der Waals surface area contributed by atoms with Crippen molar-refractivity contribution in [1.29, 1.82) is 0 Å². The lowest BCUT2D eigenvalue weighted by molar-refractivity contribution is 0.554. The zero-order chi connectivity index (χ0) is 15.0. The fourth-order valence-corrected chi connectivity index (χ4v) is 2.84. The number of hydrogen-bond donors (Lipinski definition) is 2. The molecule has 4 nitrogen and oxygen atoms in total. The van der Waals surface area contributed by atoms with E-state index in [1.54, 1.807) is 0 Å². The van der Waals surface area contributed by atoms with Crippen LogP contribution in [0.5, 0.6) is 0 Å². The van der Waals surface area contributed by atoms with E-state index in [1.165, 1.54) is 16.7 Å². The molecule has 1 aromatic heterocycles. The molecule has 0 saturated heterocycles. The number of aromatic amines is 1. The van der Waals surface area contributed by atoms with Gasteiger partial charge in [-0.25, -0.2) is 4.79 Å². The minimum absolute atomic E-state index is 0.0632. The topological polar surface area (TPSA) is 58.0 Å². The van der Waals surface area contributed by atoms with E-state index in [0.29, 0.717) is 5.58 Å². The molecule has 0 aliphatic rings. The monoisotopic (exact) mass is 282 g/mol. The number of oxazole rings is 1. The minimum Gasteiger partial charge on any atom is -0.408 e. The molecule has 0 bridgehead atoms. The van der Waals surface area contributed by atoms with Crippen molar-refractivity contribution in [3.05, 3.63) is 69.2 Å². The highest BCUT2D eigenvalue weighted by molar-refractivity contribution is 5.73. The van der Waals surface area contributed by atoms with Crippen molar-refractivity contribution < 1.29 is 4.42 Å². The molecular weight excluding hydrogens is 264 g/mol. The summed E-state index contributed by atoms with van der Waals surface area (Å²) in [7, 11) is 1.93. The number of rotatable bonds is 3. The average Bonchev–Trinajstić information content (AvgIpc) is 2.78. The van der Waals surface area contributed by atoms with Crippen molar-refractivity contribution in [2.24, 2.45) is 0 Å². The predicted octanol–water partition coefficient (Wildman–Crippen LogP) is 3.05. The fraction of sp³-hybridized carbons (Fsp3) is 0.235.